The third-order valence-electron chi connectivity index (χ3n) is 3.77. The van der Waals surface area contributed by atoms with Gasteiger partial charge in [-0.3, -0.25) is 4.79 Å². The van der Waals surface area contributed by atoms with Crippen LogP contribution in [-0.4, -0.2) is 25.0 Å². The van der Waals surface area contributed by atoms with Gasteiger partial charge in [0.1, 0.15) is 5.54 Å². The molecule has 1 aliphatic carbocycles. The Labute approximate surface area is 122 Å². The van der Waals surface area contributed by atoms with Gasteiger partial charge in [-0.05, 0) is 37.8 Å². The van der Waals surface area contributed by atoms with E-state index in [0.717, 1.165) is 25.0 Å². The molecule has 21 heavy (non-hydrogen) atoms. The number of anilines is 1. The molecule has 0 spiro atoms. The Morgan fingerprint density at radius 2 is 2.05 bits per heavy atom. The van der Waals surface area contributed by atoms with Crippen LogP contribution in [0.2, 0.25) is 0 Å². The highest BCUT2D eigenvalue weighted by Crippen LogP contribution is 2.28. The molecule has 1 amide bonds. The molecule has 0 unspecified atom stereocenters. The van der Waals surface area contributed by atoms with Gasteiger partial charge in [0.15, 0.2) is 11.6 Å². The van der Waals surface area contributed by atoms with Crippen molar-refractivity contribution < 1.29 is 13.6 Å². The van der Waals surface area contributed by atoms with Crippen LogP contribution in [0.1, 0.15) is 25.7 Å². The van der Waals surface area contributed by atoms with Crippen molar-refractivity contribution in [2.75, 3.05) is 18.5 Å². The van der Waals surface area contributed by atoms with Gasteiger partial charge in [-0.2, -0.15) is 5.26 Å². The number of nitriles is 1. The summed E-state index contributed by atoms with van der Waals surface area (Å²) < 4.78 is 26.1. The molecule has 1 saturated carbocycles. The first-order valence-corrected chi connectivity index (χ1v) is 6.84. The summed E-state index contributed by atoms with van der Waals surface area (Å²) in [5.41, 5.74) is -0.368. The molecule has 0 atom stereocenters. The molecular formula is C15H17F2N3O. The molecule has 0 saturated heterocycles. The van der Waals surface area contributed by atoms with Gasteiger partial charge in [0.25, 0.3) is 0 Å². The van der Waals surface area contributed by atoms with E-state index in [9.17, 15) is 18.8 Å². The van der Waals surface area contributed by atoms with Crippen LogP contribution >= 0.6 is 0 Å². The van der Waals surface area contributed by atoms with Crippen LogP contribution in [0.4, 0.5) is 14.5 Å². The molecule has 4 nitrogen and oxygen atoms in total. The molecule has 0 heterocycles. The summed E-state index contributed by atoms with van der Waals surface area (Å²) in [6.45, 7) is -0.0193. The first-order chi connectivity index (χ1) is 9.96. The fourth-order valence-corrected chi connectivity index (χ4v) is 2.58. The minimum Gasteiger partial charge on any atom is -0.365 e. The van der Waals surface area contributed by atoms with E-state index in [-0.39, 0.29) is 12.5 Å². The smallest absolute Gasteiger partial charge is 0.240 e. The van der Waals surface area contributed by atoms with Gasteiger partial charge in [-0.1, -0.05) is 0 Å². The van der Waals surface area contributed by atoms with Gasteiger partial charge in [0, 0.05) is 18.8 Å². The molecule has 6 heteroatoms. The Balaban J connectivity index is 1.99. The second-order valence-corrected chi connectivity index (χ2v) is 5.40. The molecule has 0 aromatic heterocycles. The quantitative estimate of drug-likeness (QED) is 0.927. The van der Waals surface area contributed by atoms with Crippen LogP contribution in [0.5, 0.6) is 0 Å². The van der Waals surface area contributed by atoms with Crippen LogP contribution in [0.15, 0.2) is 18.2 Å². The van der Waals surface area contributed by atoms with E-state index in [2.05, 4.69) is 11.4 Å². The number of nitrogens with zero attached hydrogens (tertiary/aromatic N) is 2. The maximum atomic E-state index is 13.2. The molecule has 0 bridgehead atoms. The summed E-state index contributed by atoms with van der Waals surface area (Å²) in [6, 6.07) is 5.64. The molecule has 112 valence electrons. The number of hydrogen-bond acceptors (Lipinski definition) is 3. The molecule has 1 aliphatic rings. The fraction of sp³-hybridized carbons (Fsp3) is 0.467. The summed E-state index contributed by atoms with van der Waals surface area (Å²) in [7, 11) is 1.61. The normalized spacial score (nSPS) is 16.3. The van der Waals surface area contributed by atoms with Crippen molar-refractivity contribution in [3.05, 3.63) is 29.8 Å². The highest BCUT2D eigenvalue weighted by molar-refractivity contribution is 5.82. The van der Waals surface area contributed by atoms with Crippen molar-refractivity contribution in [2.24, 2.45) is 0 Å². The largest absolute Gasteiger partial charge is 0.365 e. The number of benzene rings is 1. The van der Waals surface area contributed by atoms with Crippen LogP contribution in [-0.2, 0) is 4.79 Å². The zero-order valence-electron chi connectivity index (χ0n) is 11.8. The van der Waals surface area contributed by atoms with Crippen molar-refractivity contribution in [1.82, 2.24) is 5.32 Å². The number of amides is 1. The SMILES string of the molecule is CN(CC(=O)NC1(C#N)CCCC1)c1ccc(F)c(F)c1. The molecule has 0 radical (unpaired) electrons. The lowest BCUT2D eigenvalue weighted by molar-refractivity contribution is -0.121. The summed E-state index contributed by atoms with van der Waals surface area (Å²) in [5, 5.41) is 12.0. The maximum absolute atomic E-state index is 13.2. The maximum Gasteiger partial charge on any atom is 0.240 e. The minimum atomic E-state index is -0.955. The number of carbonyl (C=O) groups is 1. The third kappa shape index (κ3) is 3.48. The Kier molecular flexibility index (Phi) is 4.41. The zero-order valence-corrected chi connectivity index (χ0v) is 11.8. The van der Waals surface area contributed by atoms with Gasteiger partial charge in [-0.15, -0.1) is 0 Å². The molecular weight excluding hydrogens is 276 g/mol. The van der Waals surface area contributed by atoms with Crippen molar-refractivity contribution >= 4 is 11.6 Å². The Hall–Kier alpha value is -2.16. The predicted octanol–water partition coefficient (Wildman–Crippen LogP) is 2.35. The second kappa shape index (κ2) is 6.08. The standard InChI is InChI=1S/C15H17F2N3O/c1-20(11-4-5-12(16)13(17)8-11)9-14(21)19-15(10-18)6-2-3-7-15/h4-5,8H,2-3,6-7,9H2,1H3,(H,19,21). The highest BCUT2D eigenvalue weighted by Gasteiger charge is 2.35. The van der Waals surface area contributed by atoms with E-state index >= 15 is 0 Å². The summed E-state index contributed by atoms with van der Waals surface area (Å²) in [5.74, 6) is -2.18. The lowest BCUT2D eigenvalue weighted by Crippen LogP contribution is -2.48. The molecule has 1 fully saturated rings. The Morgan fingerprint density at radius 3 is 2.62 bits per heavy atom. The molecule has 0 aliphatic heterocycles. The minimum absolute atomic E-state index is 0.0193. The number of nitrogens with one attached hydrogen (secondary N) is 1. The van der Waals surface area contributed by atoms with Crippen molar-refractivity contribution in [1.29, 1.82) is 5.26 Å². The first kappa shape index (κ1) is 15.2. The Morgan fingerprint density at radius 1 is 1.38 bits per heavy atom. The third-order valence-corrected chi connectivity index (χ3v) is 3.77. The number of carbonyl (C=O) groups excluding carboxylic acids is 1. The highest BCUT2D eigenvalue weighted by atomic mass is 19.2. The Bertz CT molecular complexity index is 577. The van der Waals surface area contributed by atoms with Crippen molar-refractivity contribution in [3.63, 3.8) is 0 Å². The summed E-state index contributed by atoms with van der Waals surface area (Å²) in [6.07, 6.45) is 3.16. The average Bonchev–Trinajstić information content (AvgIpc) is 2.90. The van der Waals surface area contributed by atoms with Crippen molar-refractivity contribution in [2.45, 2.75) is 31.2 Å². The van der Waals surface area contributed by atoms with Gasteiger partial charge < -0.3 is 10.2 Å². The first-order valence-electron chi connectivity index (χ1n) is 6.84. The topological polar surface area (TPSA) is 56.1 Å². The average molecular weight is 293 g/mol. The number of halogens is 2. The van der Waals surface area contributed by atoms with Crippen LogP contribution in [0.25, 0.3) is 0 Å². The second-order valence-electron chi connectivity index (χ2n) is 5.40. The van der Waals surface area contributed by atoms with E-state index in [0.29, 0.717) is 18.5 Å². The molecule has 1 aromatic carbocycles. The lowest BCUT2D eigenvalue weighted by Gasteiger charge is -2.25. The van der Waals surface area contributed by atoms with Crippen LogP contribution < -0.4 is 10.2 Å². The summed E-state index contributed by atoms with van der Waals surface area (Å²) in [4.78, 5) is 13.5. The van der Waals surface area contributed by atoms with Crippen LogP contribution in [0, 0.1) is 23.0 Å². The molecule has 1 aromatic rings. The van der Waals surface area contributed by atoms with Gasteiger partial charge in [0.2, 0.25) is 5.91 Å². The monoisotopic (exact) mass is 293 g/mol. The summed E-state index contributed by atoms with van der Waals surface area (Å²) >= 11 is 0. The van der Waals surface area contributed by atoms with Gasteiger partial charge in [-0.25, -0.2) is 8.78 Å². The molecule has 1 N–H and O–H groups in total. The predicted molar refractivity (Wildman–Crippen MR) is 74.6 cm³/mol. The van der Waals surface area contributed by atoms with E-state index < -0.39 is 17.2 Å². The number of rotatable bonds is 4. The van der Waals surface area contributed by atoms with Gasteiger partial charge in [0.05, 0.1) is 12.6 Å². The fourth-order valence-electron chi connectivity index (χ4n) is 2.58. The van der Waals surface area contributed by atoms with Crippen LogP contribution in [0.3, 0.4) is 0 Å². The van der Waals surface area contributed by atoms with Gasteiger partial charge >= 0.3 is 0 Å². The lowest BCUT2D eigenvalue weighted by atomic mass is 10.00. The van der Waals surface area contributed by atoms with E-state index in [1.54, 1.807) is 7.05 Å². The zero-order chi connectivity index (χ0) is 15.5. The molecule has 2 rings (SSSR count). The van der Waals surface area contributed by atoms with E-state index in [1.807, 2.05) is 0 Å². The van der Waals surface area contributed by atoms with Crippen molar-refractivity contribution in [3.8, 4) is 6.07 Å². The number of hydrogen-bond donors (Lipinski definition) is 1. The number of likely N-dealkylation sites (N-methyl/N-ethyl adjacent to an activating group) is 1. The van der Waals surface area contributed by atoms with E-state index in [1.165, 1.54) is 11.0 Å². The van der Waals surface area contributed by atoms with E-state index in [4.69, 9.17) is 0 Å².